The second-order valence-corrected chi connectivity index (χ2v) is 6.04. The van der Waals surface area contributed by atoms with Gasteiger partial charge in [0.15, 0.2) is 0 Å². The van der Waals surface area contributed by atoms with Crippen molar-refractivity contribution in [3.05, 3.63) is 29.8 Å². The highest BCUT2D eigenvalue weighted by molar-refractivity contribution is 5.97. The van der Waals surface area contributed by atoms with Crippen LogP contribution in [0.4, 0.5) is 10.5 Å². The molecule has 1 atom stereocenters. The van der Waals surface area contributed by atoms with Crippen molar-refractivity contribution in [1.82, 2.24) is 15.1 Å². The Labute approximate surface area is 130 Å². The van der Waals surface area contributed by atoms with E-state index in [9.17, 15) is 9.59 Å². The zero-order valence-electron chi connectivity index (χ0n) is 13.1. The average molecular weight is 302 g/mol. The van der Waals surface area contributed by atoms with Crippen molar-refractivity contribution in [2.75, 3.05) is 44.7 Å². The lowest BCUT2D eigenvalue weighted by Crippen LogP contribution is -2.52. The maximum absolute atomic E-state index is 12.6. The fourth-order valence-electron chi connectivity index (χ4n) is 3.11. The highest BCUT2D eigenvalue weighted by Gasteiger charge is 2.27. The van der Waals surface area contributed by atoms with Crippen LogP contribution in [-0.4, -0.2) is 67.6 Å². The Morgan fingerprint density at radius 2 is 1.91 bits per heavy atom. The van der Waals surface area contributed by atoms with Gasteiger partial charge in [-0.1, -0.05) is 0 Å². The second-order valence-electron chi connectivity index (χ2n) is 6.04. The van der Waals surface area contributed by atoms with Gasteiger partial charge in [0, 0.05) is 50.0 Å². The molecule has 6 heteroatoms. The Bertz CT molecular complexity index is 572. The van der Waals surface area contributed by atoms with E-state index >= 15 is 0 Å². The van der Waals surface area contributed by atoms with E-state index < -0.39 is 0 Å². The number of hydrogen-bond acceptors (Lipinski definition) is 3. The second kappa shape index (κ2) is 5.96. The number of piperazine rings is 1. The normalized spacial score (nSPS) is 22.8. The molecule has 0 spiro atoms. The molecular weight excluding hydrogens is 280 g/mol. The molecule has 3 amide bonds. The minimum Gasteiger partial charge on any atom is -0.336 e. The number of likely N-dealkylation sites (N-methyl/N-ethyl adjacent to an activating group) is 1. The predicted molar refractivity (Wildman–Crippen MR) is 85.2 cm³/mol. The van der Waals surface area contributed by atoms with Gasteiger partial charge in [-0.15, -0.1) is 0 Å². The zero-order valence-corrected chi connectivity index (χ0v) is 13.1. The van der Waals surface area contributed by atoms with Gasteiger partial charge in [0.2, 0.25) is 0 Å². The molecule has 1 aromatic rings. The number of anilines is 1. The van der Waals surface area contributed by atoms with Gasteiger partial charge in [0.05, 0.1) is 0 Å². The number of amides is 3. The third-order valence-corrected chi connectivity index (χ3v) is 4.37. The molecule has 2 saturated heterocycles. The van der Waals surface area contributed by atoms with Gasteiger partial charge in [-0.2, -0.15) is 0 Å². The molecule has 118 valence electrons. The van der Waals surface area contributed by atoms with Crippen molar-refractivity contribution >= 4 is 17.6 Å². The van der Waals surface area contributed by atoms with Crippen molar-refractivity contribution in [3.63, 3.8) is 0 Å². The summed E-state index contributed by atoms with van der Waals surface area (Å²) in [7, 11) is 2.08. The molecule has 0 radical (unpaired) electrons. The third kappa shape index (κ3) is 2.78. The van der Waals surface area contributed by atoms with Gasteiger partial charge in [0.1, 0.15) is 0 Å². The van der Waals surface area contributed by atoms with Gasteiger partial charge < -0.3 is 15.1 Å². The number of nitrogens with one attached hydrogen (secondary N) is 1. The first kappa shape index (κ1) is 14.8. The van der Waals surface area contributed by atoms with Crippen molar-refractivity contribution in [2.24, 2.45) is 0 Å². The van der Waals surface area contributed by atoms with E-state index in [4.69, 9.17) is 0 Å². The van der Waals surface area contributed by atoms with Crippen LogP contribution in [0.15, 0.2) is 24.3 Å². The van der Waals surface area contributed by atoms with E-state index in [2.05, 4.69) is 24.2 Å². The minimum atomic E-state index is -0.0771. The molecule has 3 rings (SSSR count). The van der Waals surface area contributed by atoms with Crippen molar-refractivity contribution in [1.29, 1.82) is 0 Å². The van der Waals surface area contributed by atoms with Crippen LogP contribution in [0.2, 0.25) is 0 Å². The van der Waals surface area contributed by atoms with E-state index in [0.29, 0.717) is 18.7 Å². The lowest BCUT2D eigenvalue weighted by atomic mass is 10.1. The number of rotatable bonds is 2. The molecule has 0 saturated carbocycles. The first-order valence-corrected chi connectivity index (χ1v) is 7.71. The summed E-state index contributed by atoms with van der Waals surface area (Å²) in [4.78, 5) is 30.1. The molecule has 22 heavy (non-hydrogen) atoms. The SMILES string of the molecule is CC1CN(C)CCN1C(=O)c1ccc(N2CCNC2=O)cc1. The summed E-state index contributed by atoms with van der Waals surface area (Å²) in [6, 6.07) is 7.46. The van der Waals surface area contributed by atoms with Crippen LogP contribution >= 0.6 is 0 Å². The molecule has 2 aliphatic rings. The van der Waals surface area contributed by atoms with Crippen LogP contribution < -0.4 is 10.2 Å². The fourth-order valence-corrected chi connectivity index (χ4v) is 3.11. The highest BCUT2D eigenvalue weighted by Crippen LogP contribution is 2.19. The van der Waals surface area contributed by atoms with Gasteiger partial charge in [0.25, 0.3) is 5.91 Å². The Morgan fingerprint density at radius 3 is 2.50 bits per heavy atom. The molecule has 0 bridgehead atoms. The fraction of sp³-hybridized carbons (Fsp3) is 0.500. The summed E-state index contributed by atoms with van der Waals surface area (Å²) < 4.78 is 0. The van der Waals surface area contributed by atoms with Crippen LogP contribution in [0.3, 0.4) is 0 Å². The minimum absolute atomic E-state index is 0.0676. The molecular formula is C16H22N4O2. The number of benzene rings is 1. The van der Waals surface area contributed by atoms with Crippen molar-refractivity contribution in [2.45, 2.75) is 13.0 Å². The molecule has 1 unspecified atom stereocenters. The number of hydrogen-bond donors (Lipinski definition) is 1. The summed E-state index contributed by atoms with van der Waals surface area (Å²) in [6.07, 6.45) is 0. The van der Waals surface area contributed by atoms with E-state index in [1.54, 1.807) is 4.90 Å². The molecule has 6 nitrogen and oxygen atoms in total. The van der Waals surface area contributed by atoms with Gasteiger partial charge in [-0.25, -0.2) is 4.79 Å². The summed E-state index contributed by atoms with van der Waals surface area (Å²) in [5, 5.41) is 2.77. The largest absolute Gasteiger partial charge is 0.336 e. The van der Waals surface area contributed by atoms with Crippen molar-refractivity contribution < 1.29 is 9.59 Å². The average Bonchev–Trinajstić information content (AvgIpc) is 2.93. The summed E-state index contributed by atoms with van der Waals surface area (Å²) in [6.45, 7) is 5.98. The monoisotopic (exact) mass is 302 g/mol. The number of carbonyl (C=O) groups is 2. The molecule has 0 aromatic heterocycles. The number of carbonyl (C=O) groups excluding carboxylic acids is 2. The highest BCUT2D eigenvalue weighted by atomic mass is 16.2. The summed E-state index contributed by atoms with van der Waals surface area (Å²) >= 11 is 0. The van der Waals surface area contributed by atoms with E-state index in [1.807, 2.05) is 29.2 Å². The molecule has 1 aromatic carbocycles. The van der Waals surface area contributed by atoms with Crippen LogP contribution in [0.1, 0.15) is 17.3 Å². The van der Waals surface area contributed by atoms with Gasteiger partial charge in [-0.05, 0) is 38.2 Å². The first-order valence-electron chi connectivity index (χ1n) is 7.71. The Balaban J connectivity index is 1.72. The first-order chi connectivity index (χ1) is 10.6. The van der Waals surface area contributed by atoms with E-state index in [-0.39, 0.29) is 18.0 Å². The van der Waals surface area contributed by atoms with Crippen LogP contribution in [0.5, 0.6) is 0 Å². The van der Waals surface area contributed by atoms with Crippen LogP contribution in [0.25, 0.3) is 0 Å². The summed E-state index contributed by atoms with van der Waals surface area (Å²) in [5.41, 5.74) is 1.51. The lowest BCUT2D eigenvalue weighted by molar-refractivity contribution is 0.0533. The van der Waals surface area contributed by atoms with Crippen LogP contribution in [0, 0.1) is 0 Å². The molecule has 2 aliphatic heterocycles. The van der Waals surface area contributed by atoms with Crippen LogP contribution in [-0.2, 0) is 0 Å². The Kier molecular flexibility index (Phi) is 4.02. The Hall–Kier alpha value is -2.08. The van der Waals surface area contributed by atoms with Gasteiger partial charge in [-0.3, -0.25) is 9.69 Å². The van der Waals surface area contributed by atoms with Crippen molar-refractivity contribution in [3.8, 4) is 0 Å². The maximum Gasteiger partial charge on any atom is 0.321 e. The molecule has 1 N–H and O–H groups in total. The summed E-state index contributed by atoms with van der Waals surface area (Å²) in [5.74, 6) is 0.0676. The lowest BCUT2D eigenvalue weighted by Gasteiger charge is -2.38. The molecule has 2 fully saturated rings. The standard InChI is InChI=1S/C16H22N4O2/c1-12-11-18(2)9-10-19(12)15(21)13-3-5-14(6-4-13)20-8-7-17-16(20)22/h3-6,12H,7-11H2,1-2H3,(H,17,22). The number of urea groups is 1. The quantitative estimate of drug-likeness (QED) is 0.886. The van der Waals surface area contributed by atoms with Gasteiger partial charge >= 0.3 is 6.03 Å². The topological polar surface area (TPSA) is 55.9 Å². The third-order valence-electron chi connectivity index (χ3n) is 4.37. The maximum atomic E-state index is 12.6. The Morgan fingerprint density at radius 1 is 1.18 bits per heavy atom. The smallest absolute Gasteiger partial charge is 0.321 e. The number of nitrogens with zero attached hydrogens (tertiary/aromatic N) is 3. The van der Waals surface area contributed by atoms with E-state index in [0.717, 1.165) is 25.3 Å². The zero-order chi connectivity index (χ0) is 15.7. The molecule has 0 aliphatic carbocycles. The molecule has 2 heterocycles. The predicted octanol–water partition coefficient (Wildman–Crippen LogP) is 0.992. The van der Waals surface area contributed by atoms with E-state index in [1.165, 1.54) is 0 Å².